The summed E-state index contributed by atoms with van der Waals surface area (Å²) in [6, 6.07) is 38.2. The topological polar surface area (TPSA) is 84.2 Å². The second-order valence-electron chi connectivity index (χ2n) is 12.3. The second kappa shape index (κ2) is 14.0. The van der Waals surface area contributed by atoms with Gasteiger partial charge in [0.25, 0.3) is 0 Å². The van der Waals surface area contributed by atoms with Crippen molar-refractivity contribution in [1.82, 2.24) is 29.5 Å². The number of hydrogen-bond donors (Lipinski definition) is 0. The summed E-state index contributed by atoms with van der Waals surface area (Å²) in [5.41, 5.74) is 5.66. The lowest BCUT2D eigenvalue weighted by Gasteiger charge is -2.42. The maximum atomic E-state index is 14.1. The highest BCUT2D eigenvalue weighted by Crippen LogP contribution is 2.32. The van der Waals surface area contributed by atoms with Crippen LogP contribution in [0.15, 0.2) is 120 Å². The molecule has 7 rings (SSSR count). The number of aromatic nitrogens is 4. The van der Waals surface area contributed by atoms with Crippen LogP contribution < -0.4 is 0 Å². The van der Waals surface area contributed by atoms with Gasteiger partial charge in [0.1, 0.15) is 5.52 Å². The van der Waals surface area contributed by atoms with Crippen LogP contribution in [0, 0.1) is 0 Å². The molecule has 48 heavy (non-hydrogen) atoms. The van der Waals surface area contributed by atoms with Gasteiger partial charge in [0, 0.05) is 37.6 Å². The van der Waals surface area contributed by atoms with Crippen LogP contribution in [0.3, 0.4) is 0 Å². The van der Waals surface area contributed by atoms with Crippen molar-refractivity contribution in [2.75, 3.05) is 19.6 Å². The molecule has 1 saturated heterocycles. The molecule has 0 saturated carbocycles. The summed E-state index contributed by atoms with van der Waals surface area (Å²) in [6.45, 7) is 6.13. The third kappa shape index (κ3) is 6.30. The number of piperazine rings is 1. The normalized spacial score (nSPS) is 15.7. The van der Waals surface area contributed by atoms with Gasteiger partial charge in [-0.1, -0.05) is 128 Å². The van der Waals surface area contributed by atoms with Crippen LogP contribution in [0.2, 0.25) is 0 Å². The first-order chi connectivity index (χ1) is 23.5. The average molecular weight is 655 g/mol. The van der Waals surface area contributed by atoms with E-state index in [4.69, 9.17) is 4.98 Å². The molecule has 0 bridgehead atoms. The monoisotopic (exact) mass is 654 g/mol. The zero-order chi connectivity index (χ0) is 33.0. The van der Waals surface area contributed by atoms with Gasteiger partial charge in [-0.25, -0.2) is 4.98 Å². The predicted octanol–water partition coefficient (Wildman–Crippen LogP) is 6.79. The summed E-state index contributed by atoms with van der Waals surface area (Å²) in [7, 11) is 0. The van der Waals surface area contributed by atoms with Crippen LogP contribution >= 0.6 is 11.8 Å². The molecule has 2 aromatic heterocycles. The minimum atomic E-state index is -0.395. The Hall–Kier alpha value is -5.02. The van der Waals surface area contributed by atoms with E-state index in [1.165, 1.54) is 17.3 Å². The van der Waals surface area contributed by atoms with Crippen molar-refractivity contribution in [3.05, 3.63) is 132 Å². The van der Waals surface area contributed by atoms with Crippen molar-refractivity contribution in [2.24, 2.45) is 0 Å². The lowest BCUT2D eigenvalue weighted by Crippen LogP contribution is -2.57. The Morgan fingerprint density at radius 1 is 0.792 bits per heavy atom. The number of hydrogen-bond acceptors (Lipinski definition) is 6. The van der Waals surface area contributed by atoms with E-state index in [1.54, 1.807) is 0 Å². The molecule has 8 nitrogen and oxygen atoms in total. The first kappa shape index (κ1) is 31.6. The lowest BCUT2D eigenvalue weighted by atomic mass is 9.89. The van der Waals surface area contributed by atoms with Crippen LogP contribution in [-0.4, -0.2) is 72.3 Å². The highest BCUT2D eigenvalue weighted by atomic mass is 32.2. The van der Waals surface area contributed by atoms with E-state index in [0.717, 1.165) is 33.2 Å². The van der Waals surface area contributed by atoms with E-state index in [9.17, 15) is 9.59 Å². The number of thioether (sulfide) groups is 1. The van der Waals surface area contributed by atoms with E-state index in [0.29, 0.717) is 37.8 Å². The van der Waals surface area contributed by atoms with Crippen LogP contribution in [-0.2, 0) is 16.1 Å². The third-order valence-electron chi connectivity index (χ3n) is 9.17. The number of amides is 2. The lowest BCUT2D eigenvalue weighted by molar-refractivity contribution is -0.142. The molecule has 1 aliphatic rings. The van der Waals surface area contributed by atoms with Crippen molar-refractivity contribution in [1.29, 1.82) is 0 Å². The fourth-order valence-corrected chi connectivity index (χ4v) is 7.62. The van der Waals surface area contributed by atoms with Crippen LogP contribution in [0.5, 0.6) is 0 Å². The third-order valence-corrected chi connectivity index (χ3v) is 10.4. The van der Waals surface area contributed by atoms with E-state index >= 15 is 0 Å². The molecule has 4 aromatic carbocycles. The zero-order valence-corrected chi connectivity index (χ0v) is 28.0. The van der Waals surface area contributed by atoms with Gasteiger partial charge >= 0.3 is 0 Å². The maximum absolute atomic E-state index is 14.1. The number of para-hydroxylation sites is 1. The number of carbonyl (C=O) groups is 2. The number of carbonyl (C=O) groups excluding carboxylic acids is 2. The molecule has 0 spiro atoms. The van der Waals surface area contributed by atoms with Crippen LogP contribution in [0.25, 0.3) is 22.1 Å². The molecule has 1 fully saturated rings. The fraction of sp³-hybridized carbons (Fsp3) is 0.256. The van der Waals surface area contributed by atoms with Gasteiger partial charge in [-0.2, -0.15) is 0 Å². The predicted molar refractivity (Wildman–Crippen MR) is 191 cm³/mol. The molecule has 0 N–H and O–H groups in total. The molecule has 2 unspecified atom stereocenters. The van der Waals surface area contributed by atoms with E-state index in [-0.39, 0.29) is 23.1 Å². The van der Waals surface area contributed by atoms with Crippen molar-refractivity contribution in [2.45, 2.75) is 49.2 Å². The second-order valence-corrected chi connectivity index (χ2v) is 13.5. The van der Waals surface area contributed by atoms with Gasteiger partial charge in [0.2, 0.25) is 17.0 Å². The van der Waals surface area contributed by atoms with E-state index < -0.39 is 5.92 Å². The molecule has 2 atom stereocenters. The van der Waals surface area contributed by atoms with Crippen molar-refractivity contribution < 1.29 is 9.59 Å². The molecular weight excluding hydrogens is 617 g/mol. The van der Waals surface area contributed by atoms with Crippen LogP contribution in [0.4, 0.5) is 0 Å². The van der Waals surface area contributed by atoms with Crippen molar-refractivity contribution in [3.8, 4) is 0 Å². The molecule has 3 heterocycles. The summed E-state index contributed by atoms with van der Waals surface area (Å²) < 4.78 is 2.18. The highest BCUT2D eigenvalue weighted by molar-refractivity contribution is 8.00. The average Bonchev–Trinajstić information content (AvgIpc) is 3.44. The fourth-order valence-electron chi connectivity index (χ4n) is 6.72. The summed E-state index contributed by atoms with van der Waals surface area (Å²) in [6.07, 6.45) is 0.621. The quantitative estimate of drug-likeness (QED) is 0.160. The van der Waals surface area contributed by atoms with E-state index in [1.807, 2.05) is 121 Å². The van der Waals surface area contributed by atoms with Gasteiger partial charge in [-0.3, -0.25) is 9.59 Å². The first-order valence-electron chi connectivity index (χ1n) is 16.5. The molecule has 242 valence electrons. The smallest absolute Gasteiger partial charge is 0.236 e. The number of rotatable bonds is 9. The Morgan fingerprint density at radius 2 is 1.42 bits per heavy atom. The summed E-state index contributed by atoms with van der Waals surface area (Å²) in [5, 5.41) is 10.2. The summed E-state index contributed by atoms with van der Waals surface area (Å²) in [4.78, 5) is 36.9. The number of nitrogens with zero attached hydrogens (tertiary/aromatic N) is 6. The largest absolute Gasteiger partial charge is 0.338 e. The summed E-state index contributed by atoms with van der Waals surface area (Å²) >= 11 is 1.37. The van der Waals surface area contributed by atoms with Gasteiger partial charge in [0.15, 0.2) is 5.65 Å². The molecule has 0 radical (unpaired) electrons. The van der Waals surface area contributed by atoms with Gasteiger partial charge in [-0.15, -0.1) is 10.2 Å². The van der Waals surface area contributed by atoms with Gasteiger partial charge in [0.05, 0.1) is 16.7 Å². The minimum Gasteiger partial charge on any atom is -0.338 e. The first-order valence-corrected chi connectivity index (χ1v) is 17.4. The Labute approximate surface area is 284 Å². The SMILES string of the molecule is CCC(Sc1nnc2c3ccccc3n(Cc3ccccc3)c2n1)C(=O)N1CCN(C(=O)C(c2ccccc2)c2ccccc2)C(C)C1. The molecule has 2 amide bonds. The van der Waals surface area contributed by atoms with Crippen LogP contribution in [0.1, 0.15) is 42.9 Å². The van der Waals surface area contributed by atoms with Crippen molar-refractivity contribution in [3.63, 3.8) is 0 Å². The summed E-state index contributed by atoms with van der Waals surface area (Å²) in [5.74, 6) is -0.294. The van der Waals surface area contributed by atoms with E-state index in [2.05, 4.69) is 33.0 Å². The Balaban J connectivity index is 1.09. The molecule has 9 heteroatoms. The Morgan fingerprint density at radius 3 is 2.06 bits per heavy atom. The standard InChI is InChI=1S/C39H38N6O2S/c1-3-33(48-39-40-36-35(41-42-39)31-21-13-14-22-32(31)45(36)26-28-15-7-4-8-16-28)37(46)43-23-24-44(27(2)25-43)38(47)34(29-17-9-5-10-18-29)30-19-11-6-12-20-30/h4-22,27,33-34H,3,23-26H2,1-2H3. The number of fused-ring (bicyclic) bond motifs is 3. The Bertz CT molecular complexity index is 2000. The maximum Gasteiger partial charge on any atom is 0.236 e. The van der Waals surface area contributed by atoms with Gasteiger partial charge in [-0.05, 0) is 36.1 Å². The highest BCUT2D eigenvalue weighted by Gasteiger charge is 2.36. The number of benzene rings is 4. The molecule has 6 aromatic rings. The Kier molecular flexibility index (Phi) is 9.20. The van der Waals surface area contributed by atoms with Gasteiger partial charge < -0.3 is 14.4 Å². The molecular formula is C39H38N6O2S. The molecule has 1 aliphatic heterocycles. The molecule has 0 aliphatic carbocycles. The minimum absolute atomic E-state index is 0.0395. The zero-order valence-electron chi connectivity index (χ0n) is 27.1. The van der Waals surface area contributed by atoms with Crippen molar-refractivity contribution >= 4 is 45.6 Å².